The van der Waals surface area contributed by atoms with Crippen LogP contribution in [0.2, 0.25) is 0 Å². The van der Waals surface area contributed by atoms with E-state index in [9.17, 15) is 0 Å². The Balaban J connectivity index is 1.65. The number of hydrogen-bond acceptors (Lipinski definition) is 2. The smallest absolute Gasteiger partial charge is 0.0991 e. The lowest BCUT2D eigenvalue weighted by Gasteiger charge is -2.28. The Morgan fingerprint density at radius 2 is 1.86 bits per heavy atom. The quantitative estimate of drug-likeness (QED) is 0.488. The second-order valence-corrected chi connectivity index (χ2v) is 6.28. The standard InChI is InChI=1S/C20H27NO/c1-2-3-14-22-15-4-5-17-6-10-19(11-7-17)20-12-8-18(16-21)9-13-20/h2,8-9,12-13,17,19H,1,3-7,10-11,14-15H2/t17-,19-. The van der Waals surface area contributed by atoms with Gasteiger partial charge in [0.05, 0.1) is 11.6 Å². The molecule has 1 saturated carbocycles. The molecule has 22 heavy (non-hydrogen) atoms. The number of ether oxygens (including phenoxy) is 1. The fourth-order valence-corrected chi connectivity index (χ4v) is 3.36. The lowest BCUT2D eigenvalue weighted by molar-refractivity contribution is 0.128. The van der Waals surface area contributed by atoms with E-state index in [1.165, 1.54) is 44.1 Å². The minimum Gasteiger partial charge on any atom is -0.381 e. The molecule has 0 spiro atoms. The first-order valence-electron chi connectivity index (χ1n) is 8.52. The molecule has 1 aliphatic carbocycles. The van der Waals surface area contributed by atoms with Crippen LogP contribution in [0.4, 0.5) is 0 Å². The van der Waals surface area contributed by atoms with Crippen LogP contribution in [0.1, 0.15) is 62.0 Å². The summed E-state index contributed by atoms with van der Waals surface area (Å²) in [5.74, 6) is 1.56. The van der Waals surface area contributed by atoms with Crippen LogP contribution in [0.25, 0.3) is 0 Å². The summed E-state index contributed by atoms with van der Waals surface area (Å²) in [4.78, 5) is 0. The van der Waals surface area contributed by atoms with E-state index in [1.54, 1.807) is 0 Å². The Kier molecular flexibility index (Phi) is 7.19. The average molecular weight is 297 g/mol. The molecular weight excluding hydrogens is 270 g/mol. The molecule has 1 aromatic rings. The van der Waals surface area contributed by atoms with Crippen molar-refractivity contribution in [3.05, 3.63) is 48.0 Å². The van der Waals surface area contributed by atoms with Gasteiger partial charge in [0.15, 0.2) is 0 Å². The predicted octanol–water partition coefficient (Wildman–Crippen LogP) is 5.20. The first-order valence-corrected chi connectivity index (χ1v) is 8.52. The van der Waals surface area contributed by atoms with E-state index in [4.69, 9.17) is 10.00 Å². The number of benzene rings is 1. The second-order valence-electron chi connectivity index (χ2n) is 6.28. The molecule has 1 aliphatic rings. The molecule has 2 nitrogen and oxygen atoms in total. The lowest BCUT2D eigenvalue weighted by atomic mass is 9.77. The SMILES string of the molecule is C=CCCOCCC[C@H]1CC[C@H](c2ccc(C#N)cc2)CC1. The number of rotatable bonds is 8. The molecule has 118 valence electrons. The summed E-state index contributed by atoms with van der Waals surface area (Å²) < 4.78 is 5.58. The molecule has 0 unspecified atom stereocenters. The zero-order chi connectivity index (χ0) is 15.6. The van der Waals surface area contributed by atoms with Crippen molar-refractivity contribution in [1.82, 2.24) is 0 Å². The van der Waals surface area contributed by atoms with Gasteiger partial charge < -0.3 is 4.74 Å². The lowest BCUT2D eigenvalue weighted by Crippen LogP contribution is -2.14. The van der Waals surface area contributed by atoms with Crippen LogP contribution in [0, 0.1) is 17.2 Å². The second kappa shape index (κ2) is 9.43. The van der Waals surface area contributed by atoms with Crippen molar-refractivity contribution in [2.45, 2.75) is 50.9 Å². The van der Waals surface area contributed by atoms with Crippen LogP contribution in [0.5, 0.6) is 0 Å². The van der Waals surface area contributed by atoms with Crippen molar-refractivity contribution in [2.75, 3.05) is 13.2 Å². The molecule has 0 radical (unpaired) electrons. The van der Waals surface area contributed by atoms with Gasteiger partial charge in [-0.15, -0.1) is 6.58 Å². The average Bonchev–Trinajstić information content (AvgIpc) is 2.59. The van der Waals surface area contributed by atoms with E-state index in [0.717, 1.165) is 31.1 Å². The molecule has 1 fully saturated rings. The summed E-state index contributed by atoms with van der Waals surface area (Å²) in [6, 6.07) is 10.4. The van der Waals surface area contributed by atoms with E-state index < -0.39 is 0 Å². The topological polar surface area (TPSA) is 33.0 Å². The maximum absolute atomic E-state index is 8.86. The molecular formula is C20H27NO. The Morgan fingerprint density at radius 1 is 1.14 bits per heavy atom. The van der Waals surface area contributed by atoms with E-state index >= 15 is 0 Å². The maximum Gasteiger partial charge on any atom is 0.0991 e. The van der Waals surface area contributed by atoms with Crippen LogP contribution in [0.3, 0.4) is 0 Å². The first-order chi connectivity index (χ1) is 10.8. The first kappa shape index (κ1) is 16.8. The van der Waals surface area contributed by atoms with Crippen molar-refractivity contribution >= 4 is 0 Å². The largest absolute Gasteiger partial charge is 0.381 e. The highest BCUT2D eigenvalue weighted by Gasteiger charge is 2.21. The summed E-state index contributed by atoms with van der Waals surface area (Å²) in [6.45, 7) is 5.40. The van der Waals surface area contributed by atoms with Crippen molar-refractivity contribution in [3.8, 4) is 6.07 Å². The van der Waals surface area contributed by atoms with Crippen LogP contribution in [-0.2, 0) is 4.74 Å². The minimum absolute atomic E-state index is 0.688. The third-order valence-electron chi connectivity index (χ3n) is 4.73. The molecule has 0 heterocycles. The molecule has 0 bridgehead atoms. The maximum atomic E-state index is 8.86. The molecule has 0 aliphatic heterocycles. The van der Waals surface area contributed by atoms with Crippen LogP contribution < -0.4 is 0 Å². The fourth-order valence-electron chi connectivity index (χ4n) is 3.36. The Hall–Kier alpha value is -1.59. The zero-order valence-corrected chi connectivity index (χ0v) is 13.5. The number of nitriles is 1. The number of nitrogens with zero attached hydrogens (tertiary/aromatic N) is 1. The van der Waals surface area contributed by atoms with Gasteiger partial charge in [0.1, 0.15) is 0 Å². The molecule has 2 heteroatoms. The Morgan fingerprint density at radius 3 is 2.50 bits per heavy atom. The minimum atomic E-state index is 0.688. The zero-order valence-electron chi connectivity index (χ0n) is 13.5. The van der Waals surface area contributed by atoms with Crippen molar-refractivity contribution < 1.29 is 4.74 Å². The van der Waals surface area contributed by atoms with E-state index in [2.05, 4.69) is 24.8 Å². The van der Waals surface area contributed by atoms with E-state index in [0.29, 0.717) is 5.92 Å². The highest BCUT2D eigenvalue weighted by atomic mass is 16.5. The molecule has 0 aromatic heterocycles. The van der Waals surface area contributed by atoms with Gasteiger partial charge in [-0.1, -0.05) is 18.2 Å². The summed E-state index contributed by atoms with van der Waals surface area (Å²) in [5.41, 5.74) is 2.17. The summed E-state index contributed by atoms with van der Waals surface area (Å²) in [6.07, 6.45) is 10.6. The highest BCUT2D eigenvalue weighted by molar-refractivity contribution is 5.33. The molecule has 0 saturated heterocycles. The van der Waals surface area contributed by atoms with Gasteiger partial charge in [0, 0.05) is 13.2 Å². The Bertz CT molecular complexity index is 477. The predicted molar refractivity (Wildman–Crippen MR) is 90.7 cm³/mol. The van der Waals surface area contributed by atoms with Gasteiger partial charge in [-0.05, 0) is 74.5 Å². The van der Waals surface area contributed by atoms with E-state index in [1.807, 2.05) is 18.2 Å². The molecule has 0 N–H and O–H groups in total. The van der Waals surface area contributed by atoms with Crippen LogP contribution >= 0.6 is 0 Å². The summed E-state index contributed by atoms with van der Waals surface area (Å²) in [7, 11) is 0. The van der Waals surface area contributed by atoms with Crippen LogP contribution in [0.15, 0.2) is 36.9 Å². The van der Waals surface area contributed by atoms with Crippen LogP contribution in [-0.4, -0.2) is 13.2 Å². The molecule has 1 aromatic carbocycles. The van der Waals surface area contributed by atoms with Gasteiger partial charge in [-0.3, -0.25) is 0 Å². The highest BCUT2D eigenvalue weighted by Crippen LogP contribution is 2.37. The Labute approximate surface area is 134 Å². The third-order valence-corrected chi connectivity index (χ3v) is 4.73. The summed E-state index contributed by atoms with van der Waals surface area (Å²) >= 11 is 0. The normalized spacial score (nSPS) is 21.2. The summed E-state index contributed by atoms with van der Waals surface area (Å²) in [5, 5.41) is 8.86. The van der Waals surface area contributed by atoms with Crippen molar-refractivity contribution in [2.24, 2.45) is 5.92 Å². The molecule has 2 rings (SSSR count). The molecule has 0 amide bonds. The van der Waals surface area contributed by atoms with Gasteiger partial charge >= 0.3 is 0 Å². The van der Waals surface area contributed by atoms with Gasteiger partial charge in [-0.2, -0.15) is 5.26 Å². The van der Waals surface area contributed by atoms with Gasteiger partial charge in [-0.25, -0.2) is 0 Å². The van der Waals surface area contributed by atoms with E-state index in [-0.39, 0.29) is 0 Å². The monoisotopic (exact) mass is 297 g/mol. The van der Waals surface area contributed by atoms with Crippen molar-refractivity contribution in [3.63, 3.8) is 0 Å². The van der Waals surface area contributed by atoms with Gasteiger partial charge in [0.2, 0.25) is 0 Å². The third kappa shape index (κ3) is 5.31. The number of hydrogen-bond donors (Lipinski definition) is 0. The van der Waals surface area contributed by atoms with Gasteiger partial charge in [0.25, 0.3) is 0 Å². The fraction of sp³-hybridized carbons (Fsp3) is 0.550. The van der Waals surface area contributed by atoms with Crippen molar-refractivity contribution in [1.29, 1.82) is 5.26 Å². The molecule has 0 atom stereocenters.